The Morgan fingerprint density at radius 1 is 1.33 bits per heavy atom. The van der Waals surface area contributed by atoms with Crippen molar-refractivity contribution >= 4 is 5.65 Å². The zero-order chi connectivity index (χ0) is 21.3. The lowest BCUT2D eigenvalue weighted by Crippen LogP contribution is -2.22. The van der Waals surface area contributed by atoms with Gasteiger partial charge in [-0.05, 0) is 26.0 Å². The molecule has 0 aliphatic heterocycles. The Morgan fingerprint density at radius 2 is 2.17 bits per heavy atom. The fourth-order valence-electron chi connectivity index (χ4n) is 3.48. The molecule has 0 aliphatic carbocycles. The third-order valence-electron chi connectivity index (χ3n) is 4.93. The van der Waals surface area contributed by atoms with Gasteiger partial charge in [0.05, 0.1) is 6.20 Å². The van der Waals surface area contributed by atoms with E-state index in [4.69, 9.17) is 4.74 Å². The number of hydrogen-bond acceptors (Lipinski definition) is 6. The molecule has 9 heteroatoms. The second kappa shape index (κ2) is 8.11. The van der Waals surface area contributed by atoms with Gasteiger partial charge in [0.1, 0.15) is 12.4 Å². The summed E-state index contributed by atoms with van der Waals surface area (Å²) in [7, 11) is 1.88. The minimum absolute atomic E-state index is 0.0702. The topological polar surface area (TPSA) is 102 Å². The molecule has 0 amide bonds. The summed E-state index contributed by atoms with van der Waals surface area (Å²) in [6.45, 7) is 7.19. The number of H-pyrrole nitrogens is 1. The van der Waals surface area contributed by atoms with Crippen molar-refractivity contribution in [2.24, 2.45) is 0 Å². The molecule has 0 aromatic carbocycles. The standard InChI is InChI=1S/C21H25N7O2/c1-13(2)19-14(3)26-20-17(11-25-28(20)21(19)29)15-10-24-27(12-15)18-9-16(5-6-23-18)30-8-7-22-4/h5-6,9-13,22,25H,7-8H2,1-4H3. The first-order chi connectivity index (χ1) is 14.5. The van der Waals surface area contributed by atoms with Crippen LogP contribution in [0.4, 0.5) is 0 Å². The van der Waals surface area contributed by atoms with Crippen LogP contribution >= 0.6 is 0 Å². The largest absolute Gasteiger partial charge is 0.492 e. The lowest BCUT2D eigenvalue weighted by Gasteiger charge is -2.08. The van der Waals surface area contributed by atoms with E-state index in [9.17, 15) is 4.79 Å². The van der Waals surface area contributed by atoms with Gasteiger partial charge in [-0.2, -0.15) is 5.10 Å². The average molecular weight is 407 g/mol. The van der Waals surface area contributed by atoms with Crippen LogP contribution in [0.2, 0.25) is 0 Å². The number of ether oxygens (including phenoxy) is 1. The average Bonchev–Trinajstić information content (AvgIpc) is 3.35. The fraction of sp³-hybridized carbons (Fsp3) is 0.333. The molecule has 4 heterocycles. The number of aromatic amines is 1. The van der Waals surface area contributed by atoms with Gasteiger partial charge in [0.25, 0.3) is 5.56 Å². The lowest BCUT2D eigenvalue weighted by atomic mass is 10.0. The number of nitrogens with zero attached hydrogens (tertiary/aromatic N) is 5. The van der Waals surface area contributed by atoms with Crippen molar-refractivity contribution in [2.45, 2.75) is 26.7 Å². The number of likely N-dealkylation sites (N-methyl/N-ethyl adjacent to an activating group) is 1. The Morgan fingerprint density at radius 3 is 2.93 bits per heavy atom. The predicted molar refractivity (Wildman–Crippen MR) is 114 cm³/mol. The minimum Gasteiger partial charge on any atom is -0.492 e. The van der Waals surface area contributed by atoms with Crippen LogP contribution < -0.4 is 15.6 Å². The van der Waals surface area contributed by atoms with E-state index in [1.807, 2.05) is 46.1 Å². The Bertz CT molecular complexity index is 1240. The molecule has 4 rings (SSSR count). The molecule has 0 unspecified atom stereocenters. The molecule has 0 spiro atoms. The van der Waals surface area contributed by atoms with Crippen LogP contribution in [0.3, 0.4) is 0 Å². The Labute approximate surface area is 173 Å². The fourth-order valence-corrected chi connectivity index (χ4v) is 3.48. The van der Waals surface area contributed by atoms with E-state index in [-0.39, 0.29) is 11.5 Å². The van der Waals surface area contributed by atoms with Crippen molar-refractivity contribution in [3.8, 4) is 22.7 Å². The van der Waals surface area contributed by atoms with Crippen molar-refractivity contribution in [2.75, 3.05) is 20.2 Å². The van der Waals surface area contributed by atoms with Crippen molar-refractivity contribution in [3.05, 3.63) is 58.5 Å². The number of nitrogens with one attached hydrogen (secondary N) is 2. The molecular weight excluding hydrogens is 382 g/mol. The van der Waals surface area contributed by atoms with Gasteiger partial charge < -0.3 is 10.1 Å². The summed E-state index contributed by atoms with van der Waals surface area (Å²) >= 11 is 0. The first-order valence-corrected chi connectivity index (χ1v) is 9.89. The lowest BCUT2D eigenvalue weighted by molar-refractivity contribution is 0.318. The molecule has 4 aromatic heterocycles. The molecule has 0 bridgehead atoms. The van der Waals surface area contributed by atoms with Gasteiger partial charge in [-0.15, -0.1) is 0 Å². The number of aromatic nitrogens is 6. The summed E-state index contributed by atoms with van der Waals surface area (Å²) in [6, 6.07) is 3.65. The zero-order valence-electron chi connectivity index (χ0n) is 17.5. The third kappa shape index (κ3) is 3.59. The van der Waals surface area contributed by atoms with Gasteiger partial charge in [-0.1, -0.05) is 13.8 Å². The maximum atomic E-state index is 12.9. The van der Waals surface area contributed by atoms with E-state index in [0.29, 0.717) is 18.1 Å². The number of aryl methyl sites for hydroxylation is 1. The third-order valence-corrected chi connectivity index (χ3v) is 4.93. The first-order valence-electron chi connectivity index (χ1n) is 9.89. The molecule has 2 N–H and O–H groups in total. The summed E-state index contributed by atoms with van der Waals surface area (Å²) in [5.41, 5.74) is 3.61. The molecule has 0 saturated heterocycles. The quantitative estimate of drug-likeness (QED) is 0.456. The molecular formula is C21H25N7O2. The van der Waals surface area contributed by atoms with Gasteiger partial charge in [-0.3, -0.25) is 9.89 Å². The van der Waals surface area contributed by atoms with E-state index in [1.165, 1.54) is 4.52 Å². The van der Waals surface area contributed by atoms with Gasteiger partial charge in [0.2, 0.25) is 0 Å². The summed E-state index contributed by atoms with van der Waals surface area (Å²) in [5, 5.41) is 10.5. The molecule has 0 aliphatic rings. The highest BCUT2D eigenvalue weighted by Crippen LogP contribution is 2.25. The first kappa shape index (κ1) is 19.8. The Hall–Kier alpha value is -3.46. The van der Waals surface area contributed by atoms with Crippen LogP contribution in [0.5, 0.6) is 5.75 Å². The van der Waals surface area contributed by atoms with Gasteiger partial charge in [-0.25, -0.2) is 19.2 Å². The molecule has 4 aromatic rings. The monoisotopic (exact) mass is 407 g/mol. The van der Waals surface area contributed by atoms with Crippen molar-refractivity contribution < 1.29 is 4.74 Å². The predicted octanol–water partition coefficient (Wildman–Crippen LogP) is 2.30. The molecule has 156 valence electrons. The highest BCUT2D eigenvalue weighted by molar-refractivity contribution is 5.76. The molecule has 0 fully saturated rings. The van der Waals surface area contributed by atoms with E-state index in [2.05, 4.69) is 25.5 Å². The molecule has 0 radical (unpaired) electrons. The number of pyridine rings is 1. The van der Waals surface area contributed by atoms with Crippen LogP contribution in [0.25, 0.3) is 22.6 Å². The van der Waals surface area contributed by atoms with Crippen molar-refractivity contribution in [1.82, 2.24) is 34.7 Å². The Balaban J connectivity index is 1.69. The van der Waals surface area contributed by atoms with Crippen LogP contribution in [0.15, 0.2) is 41.7 Å². The van der Waals surface area contributed by atoms with E-state index in [0.717, 1.165) is 34.7 Å². The van der Waals surface area contributed by atoms with Crippen LogP contribution in [-0.4, -0.2) is 49.6 Å². The van der Waals surface area contributed by atoms with E-state index < -0.39 is 0 Å². The molecule has 30 heavy (non-hydrogen) atoms. The van der Waals surface area contributed by atoms with Crippen LogP contribution in [0, 0.1) is 6.92 Å². The zero-order valence-corrected chi connectivity index (χ0v) is 17.5. The molecule has 0 atom stereocenters. The summed E-state index contributed by atoms with van der Waals surface area (Å²) in [5.74, 6) is 1.47. The SMILES string of the molecule is CNCCOc1ccnc(-n2cc(-c3c[nH]n4c(=O)c(C(C)C)c(C)nc34)cn2)c1. The highest BCUT2D eigenvalue weighted by atomic mass is 16.5. The maximum absolute atomic E-state index is 12.9. The second-order valence-corrected chi connectivity index (χ2v) is 7.39. The van der Waals surface area contributed by atoms with Crippen LogP contribution in [-0.2, 0) is 0 Å². The van der Waals surface area contributed by atoms with Gasteiger partial charge >= 0.3 is 0 Å². The van der Waals surface area contributed by atoms with Gasteiger partial charge in [0.15, 0.2) is 11.5 Å². The summed E-state index contributed by atoms with van der Waals surface area (Å²) < 4.78 is 8.87. The van der Waals surface area contributed by atoms with Crippen molar-refractivity contribution in [1.29, 1.82) is 0 Å². The van der Waals surface area contributed by atoms with Crippen LogP contribution in [0.1, 0.15) is 31.0 Å². The minimum atomic E-state index is -0.0702. The van der Waals surface area contributed by atoms with E-state index >= 15 is 0 Å². The van der Waals surface area contributed by atoms with E-state index in [1.54, 1.807) is 23.3 Å². The Kier molecular flexibility index (Phi) is 5.37. The molecule has 0 saturated carbocycles. The highest BCUT2D eigenvalue weighted by Gasteiger charge is 2.18. The maximum Gasteiger partial charge on any atom is 0.276 e. The van der Waals surface area contributed by atoms with Gasteiger partial charge in [0, 0.05) is 53.6 Å². The van der Waals surface area contributed by atoms with Crippen molar-refractivity contribution in [3.63, 3.8) is 0 Å². The smallest absolute Gasteiger partial charge is 0.276 e. The second-order valence-electron chi connectivity index (χ2n) is 7.39. The summed E-state index contributed by atoms with van der Waals surface area (Å²) in [6.07, 6.45) is 7.06. The number of rotatable bonds is 7. The molecule has 9 nitrogen and oxygen atoms in total. The number of hydrogen-bond donors (Lipinski definition) is 2. The number of fused-ring (bicyclic) bond motifs is 1. The normalized spacial score (nSPS) is 11.5. The summed E-state index contributed by atoms with van der Waals surface area (Å²) in [4.78, 5) is 21.9.